The Kier molecular flexibility index (Phi) is 4.29. The molecule has 1 heterocycles. The van der Waals surface area contributed by atoms with Crippen LogP contribution in [0.5, 0.6) is 0 Å². The zero-order valence-corrected chi connectivity index (χ0v) is 12.4. The molecule has 1 aromatic carbocycles. The van der Waals surface area contributed by atoms with Crippen LogP contribution in [0, 0.1) is 6.92 Å². The fourth-order valence-electron chi connectivity index (χ4n) is 1.65. The number of benzene rings is 1. The smallest absolute Gasteiger partial charge is 0.308 e. The molecule has 3 N–H and O–H groups in total. The Bertz CT molecular complexity index is 621. The van der Waals surface area contributed by atoms with E-state index >= 15 is 0 Å². The molecule has 1 aromatic heterocycles. The highest BCUT2D eigenvalue weighted by molar-refractivity contribution is 6.31. The van der Waals surface area contributed by atoms with Gasteiger partial charge >= 0.3 is 6.03 Å². The lowest BCUT2D eigenvalue weighted by Crippen LogP contribution is -2.19. The SMILES string of the molecule is Cc1ccc(NC(=O)Nc2cc(C(C)C)[nH]n2)cc1Cl. The van der Waals surface area contributed by atoms with Crippen LogP contribution in [0.4, 0.5) is 16.3 Å². The van der Waals surface area contributed by atoms with Crippen molar-refractivity contribution in [3.8, 4) is 0 Å². The number of nitrogens with one attached hydrogen (secondary N) is 3. The van der Waals surface area contributed by atoms with Gasteiger partial charge in [-0.1, -0.05) is 31.5 Å². The standard InChI is InChI=1S/C14H17ClN4O/c1-8(2)12-7-13(19-18-12)17-14(20)16-10-5-4-9(3)11(15)6-10/h4-8H,1-3H3,(H3,16,17,18,19,20). The van der Waals surface area contributed by atoms with Crippen molar-refractivity contribution in [3.63, 3.8) is 0 Å². The van der Waals surface area contributed by atoms with Crippen LogP contribution in [0.2, 0.25) is 5.02 Å². The van der Waals surface area contributed by atoms with Gasteiger partial charge < -0.3 is 5.32 Å². The van der Waals surface area contributed by atoms with Crippen LogP contribution < -0.4 is 10.6 Å². The number of amides is 2. The van der Waals surface area contributed by atoms with Gasteiger partial charge in [-0.3, -0.25) is 10.4 Å². The van der Waals surface area contributed by atoms with Crippen LogP contribution in [0.15, 0.2) is 24.3 Å². The molecule has 106 valence electrons. The summed E-state index contributed by atoms with van der Waals surface area (Å²) >= 11 is 6.01. The number of rotatable bonds is 3. The number of hydrogen-bond acceptors (Lipinski definition) is 2. The molecule has 2 rings (SSSR count). The van der Waals surface area contributed by atoms with Crippen LogP contribution in [0.1, 0.15) is 31.0 Å². The average molecular weight is 293 g/mol. The molecule has 0 atom stereocenters. The van der Waals surface area contributed by atoms with E-state index in [2.05, 4.69) is 20.8 Å². The van der Waals surface area contributed by atoms with Crippen molar-refractivity contribution >= 4 is 29.1 Å². The number of carbonyl (C=O) groups is 1. The van der Waals surface area contributed by atoms with Gasteiger partial charge in [-0.15, -0.1) is 0 Å². The van der Waals surface area contributed by atoms with E-state index in [1.807, 2.05) is 32.9 Å². The maximum Gasteiger partial charge on any atom is 0.324 e. The number of aromatic amines is 1. The second-order valence-electron chi connectivity index (χ2n) is 4.91. The Balaban J connectivity index is 1.99. The van der Waals surface area contributed by atoms with Crippen LogP contribution in [-0.2, 0) is 0 Å². The highest BCUT2D eigenvalue weighted by atomic mass is 35.5. The quantitative estimate of drug-likeness (QED) is 0.796. The van der Waals surface area contributed by atoms with Crippen molar-refractivity contribution in [2.75, 3.05) is 10.6 Å². The molecule has 0 radical (unpaired) electrons. The molecule has 0 fully saturated rings. The first-order valence-electron chi connectivity index (χ1n) is 6.35. The van der Waals surface area contributed by atoms with Gasteiger partial charge in [0.05, 0.1) is 0 Å². The summed E-state index contributed by atoms with van der Waals surface area (Å²) in [6, 6.07) is 6.81. The third kappa shape index (κ3) is 3.51. The van der Waals surface area contributed by atoms with Gasteiger partial charge in [0.25, 0.3) is 0 Å². The first-order chi connectivity index (χ1) is 9.45. The summed E-state index contributed by atoms with van der Waals surface area (Å²) in [6.45, 7) is 6.00. The molecule has 0 aliphatic carbocycles. The minimum absolute atomic E-state index is 0.331. The van der Waals surface area contributed by atoms with E-state index in [4.69, 9.17) is 11.6 Å². The van der Waals surface area contributed by atoms with E-state index in [0.717, 1.165) is 11.3 Å². The van der Waals surface area contributed by atoms with Crippen LogP contribution in [0.25, 0.3) is 0 Å². The van der Waals surface area contributed by atoms with E-state index < -0.39 is 0 Å². The largest absolute Gasteiger partial charge is 0.324 e. The minimum Gasteiger partial charge on any atom is -0.308 e. The Morgan fingerprint density at radius 1 is 1.30 bits per heavy atom. The molecule has 5 nitrogen and oxygen atoms in total. The van der Waals surface area contributed by atoms with Crippen LogP contribution in [-0.4, -0.2) is 16.2 Å². The Labute approximate surface area is 122 Å². The van der Waals surface area contributed by atoms with Gasteiger partial charge in [-0.2, -0.15) is 5.10 Å². The minimum atomic E-state index is -0.355. The molecule has 2 amide bonds. The molecular formula is C14H17ClN4O. The second kappa shape index (κ2) is 5.96. The highest BCUT2D eigenvalue weighted by Gasteiger charge is 2.08. The molecular weight excluding hydrogens is 276 g/mol. The van der Waals surface area contributed by atoms with Gasteiger partial charge in [0, 0.05) is 22.5 Å². The molecule has 2 aromatic rings. The summed E-state index contributed by atoms with van der Waals surface area (Å²) in [6.07, 6.45) is 0. The lowest BCUT2D eigenvalue weighted by Gasteiger charge is -2.07. The number of aryl methyl sites for hydroxylation is 1. The second-order valence-corrected chi connectivity index (χ2v) is 5.31. The maximum absolute atomic E-state index is 11.8. The van der Waals surface area contributed by atoms with Crippen LogP contribution in [0.3, 0.4) is 0 Å². The van der Waals surface area contributed by atoms with Gasteiger partial charge in [-0.25, -0.2) is 4.79 Å². The highest BCUT2D eigenvalue weighted by Crippen LogP contribution is 2.20. The lowest BCUT2D eigenvalue weighted by atomic mass is 10.1. The van der Waals surface area contributed by atoms with E-state index in [1.54, 1.807) is 12.1 Å². The summed E-state index contributed by atoms with van der Waals surface area (Å²) in [4.78, 5) is 11.8. The van der Waals surface area contributed by atoms with Crippen molar-refractivity contribution in [3.05, 3.63) is 40.5 Å². The summed E-state index contributed by atoms with van der Waals surface area (Å²) in [5, 5.41) is 12.9. The number of H-pyrrole nitrogens is 1. The van der Waals surface area contributed by atoms with Gasteiger partial charge in [-0.05, 0) is 30.5 Å². The third-order valence-corrected chi connectivity index (χ3v) is 3.30. The van der Waals surface area contributed by atoms with Gasteiger partial charge in [0.1, 0.15) is 0 Å². The number of aromatic nitrogens is 2. The molecule has 6 heteroatoms. The topological polar surface area (TPSA) is 69.8 Å². The van der Waals surface area contributed by atoms with Crippen molar-refractivity contribution < 1.29 is 4.79 Å². The molecule has 0 saturated carbocycles. The first-order valence-corrected chi connectivity index (χ1v) is 6.73. The zero-order valence-electron chi connectivity index (χ0n) is 11.6. The molecule has 0 spiro atoms. The number of halogens is 1. The summed E-state index contributed by atoms with van der Waals surface area (Å²) in [5.41, 5.74) is 2.57. The normalized spacial score (nSPS) is 10.7. The van der Waals surface area contributed by atoms with E-state index in [-0.39, 0.29) is 6.03 Å². The molecule has 20 heavy (non-hydrogen) atoms. The summed E-state index contributed by atoms with van der Waals surface area (Å²) < 4.78 is 0. The molecule has 0 aliphatic rings. The van der Waals surface area contributed by atoms with Crippen molar-refractivity contribution in [1.82, 2.24) is 10.2 Å². The number of carbonyl (C=O) groups excluding carboxylic acids is 1. The summed E-state index contributed by atoms with van der Waals surface area (Å²) in [7, 11) is 0. The van der Waals surface area contributed by atoms with E-state index in [1.165, 1.54) is 0 Å². The Morgan fingerprint density at radius 3 is 2.65 bits per heavy atom. The van der Waals surface area contributed by atoms with Gasteiger partial charge in [0.2, 0.25) is 0 Å². The van der Waals surface area contributed by atoms with Crippen molar-refractivity contribution in [2.45, 2.75) is 26.7 Å². The number of urea groups is 1. The number of nitrogens with zero attached hydrogens (tertiary/aromatic N) is 1. The summed E-state index contributed by atoms with van der Waals surface area (Å²) in [5.74, 6) is 0.821. The lowest BCUT2D eigenvalue weighted by molar-refractivity contribution is 0.262. The predicted octanol–water partition coefficient (Wildman–Crippen LogP) is 4.14. The number of anilines is 2. The molecule has 0 bridgehead atoms. The monoisotopic (exact) mass is 292 g/mol. The van der Waals surface area contributed by atoms with Crippen LogP contribution >= 0.6 is 11.6 Å². The fourth-order valence-corrected chi connectivity index (χ4v) is 1.83. The van der Waals surface area contributed by atoms with Crippen molar-refractivity contribution in [2.24, 2.45) is 0 Å². The van der Waals surface area contributed by atoms with Gasteiger partial charge in [0.15, 0.2) is 5.82 Å². The fraction of sp³-hybridized carbons (Fsp3) is 0.286. The molecule has 0 unspecified atom stereocenters. The third-order valence-electron chi connectivity index (χ3n) is 2.89. The number of hydrogen-bond donors (Lipinski definition) is 3. The van der Waals surface area contributed by atoms with E-state index in [9.17, 15) is 4.79 Å². The average Bonchev–Trinajstić information content (AvgIpc) is 2.82. The maximum atomic E-state index is 11.8. The predicted molar refractivity (Wildman–Crippen MR) is 81.5 cm³/mol. The van der Waals surface area contributed by atoms with Crippen molar-refractivity contribution in [1.29, 1.82) is 0 Å². The molecule has 0 saturated heterocycles. The van der Waals surface area contributed by atoms with E-state index in [0.29, 0.717) is 22.4 Å². The zero-order chi connectivity index (χ0) is 14.7. The molecule has 0 aliphatic heterocycles. The Hall–Kier alpha value is -2.01. The first kappa shape index (κ1) is 14.4. The Morgan fingerprint density at radius 2 is 2.05 bits per heavy atom.